The molecule has 0 aliphatic carbocycles. The second kappa shape index (κ2) is 7.90. The fourth-order valence-corrected chi connectivity index (χ4v) is 3.97. The van der Waals surface area contributed by atoms with Crippen molar-refractivity contribution in [1.29, 1.82) is 0 Å². The Morgan fingerprint density at radius 3 is 2.63 bits per heavy atom. The standard InChI is InChI=1S/C20H20ClFN2O2S/c1-20(2,12-21)19(26)23-15-8-6-13(7-9-15)18-24(17(25)11-27-18)16-5-3-4-14(22)10-16/h3-10,18H,11-12H2,1-2H3,(H,23,26)/t18-/m1/s1. The van der Waals surface area contributed by atoms with Gasteiger partial charge < -0.3 is 5.32 Å². The third kappa shape index (κ3) is 4.28. The zero-order valence-electron chi connectivity index (χ0n) is 15.0. The first-order valence-corrected chi connectivity index (χ1v) is 10.1. The molecule has 142 valence electrons. The minimum Gasteiger partial charge on any atom is -0.326 e. The first-order valence-electron chi connectivity index (χ1n) is 8.48. The Labute approximate surface area is 167 Å². The van der Waals surface area contributed by atoms with Crippen molar-refractivity contribution >= 4 is 46.6 Å². The average molecular weight is 407 g/mol. The van der Waals surface area contributed by atoms with Gasteiger partial charge >= 0.3 is 0 Å². The minimum absolute atomic E-state index is 0.0585. The van der Waals surface area contributed by atoms with Crippen molar-refractivity contribution in [3.8, 4) is 0 Å². The summed E-state index contributed by atoms with van der Waals surface area (Å²) < 4.78 is 13.6. The highest BCUT2D eigenvalue weighted by Gasteiger charge is 2.34. The summed E-state index contributed by atoms with van der Waals surface area (Å²) in [6.07, 6.45) is 0. The van der Waals surface area contributed by atoms with E-state index in [-0.39, 0.29) is 28.9 Å². The Morgan fingerprint density at radius 2 is 2.00 bits per heavy atom. The Hall–Kier alpha value is -2.05. The number of rotatable bonds is 5. The van der Waals surface area contributed by atoms with Crippen LogP contribution in [0.15, 0.2) is 48.5 Å². The fourth-order valence-electron chi connectivity index (χ4n) is 2.67. The van der Waals surface area contributed by atoms with Gasteiger partial charge in [-0.25, -0.2) is 4.39 Å². The number of carbonyl (C=O) groups excluding carboxylic acids is 2. The summed E-state index contributed by atoms with van der Waals surface area (Å²) in [5, 5.41) is 2.62. The van der Waals surface area contributed by atoms with Crippen LogP contribution in [-0.4, -0.2) is 23.4 Å². The second-order valence-corrected chi connectivity index (χ2v) is 8.34. The van der Waals surface area contributed by atoms with Crippen LogP contribution in [0.1, 0.15) is 24.8 Å². The van der Waals surface area contributed by atoms with Crippen LogP contribution in [0.5, 0.6) is 0 Å². The van der Waals surface area contributed by atoms with Gasteiger partial charge in [-0.3, -0.25) is 14.5 Å². The molecule has 4 nitrogen and oxygen atoms in total. The van der Waals surface area contributed by atoms with Crippen LogP contribution in [0.4, 0.5) is 15.8 Å². The predicted octanol–water partition coefficient (Wildman–Crippen LogP) is 4.81. The predicted molar refractivity (Wildman–Crippen MR) is 109 cm³/mol. The van der Waals surface area contributed by atoms with E-state index in [4.69, 9.17) is 11.6 Å². The lowest BCUT2D eigenvalue weighted by atomic mass is 9.95. The topological polar surface area (TPSA) is 49.4 Å². The van der Waals surface area contributed by atoms with Crippen LogP contribution in [0, 0.1) is 11.2 Å². The van der Waals surface area contributed by atoms with Crippen LogP contribution in [0.3, 0.4) is 0 Å². The van der Waals surface area contributed by atoms with Gasteiger partial charge in [0, 0.05) is 17.3 Å². The van der Waals surface area contributed by atoms with Crippen molar-refractivity contribution in [3.05, 3.63) is 59.9 Å². The van der Waals surface area contributed by atoms with Crippen molar-refractivity contribution in [2.75, 3.05) is 21.8 Å². The van der Waals surface area contributed by atoms with Crippen molar-refractivity contribution < 1.29 is 14.0 Å². The van der Waals surface area contributed by atoms with E-state index in [1.807, 2.05) is 12.1 Å². The molecule has 2 amide bonds. The minimum atomic E-state index is -0.665. The molecule has 2 aromatic carbocycles. The normalized spacial score (nSPS) is 17.3. The molecule has 7 heteroatoms. The number of alkyl halides is 1. The maximum atomic E-state index is 13.6. The van der Waals surface area contributed by atoms with Gasteiger partial charge in [0.2, 0.25) is 11.8 Å². The maximum Gasteiger partial charge on any atom is 0.238 e. The van der Waals surface area contributed by atoms with Crippen LogP contribution in [0.2, 0.25) is 0 Å². The molecule has 0 aromatic heterocycles. The second-order valence-electron chi connectivity index (χ2n) is 7.00. The maximum absolute atomic E-state index is 13.6. The van der Waals surface area contributed by atoms with Gasteiger partial charge in [-0.2, -0.15) is 0 Å². The number of carbonyl (C=O) groups is 2. The molecule has 1 aliphatic rings. The van der Waals surface area contributed by atoms with Crippen molar-refractivity contribution in [2.45, 2.75) is 19.2 Å². The quantitative estimate of drug-likeness (QED) is 0.725. The van der Waals surface area contributed by atoms with E-state index in [2.05, 4.69) is 5.32 Å². The molecule has 1 atom stereocenters. The summed E-state index contributed by atoms with van der Waals surface area (Å²) in [5.41, 5.74) is 1.44. The van der Waals surface area contributed by atoms with Gasteiger partial charge in [0.05, 0.1) is 11.2 Å². The Balaban J connectivity index is 1.80. The monoisotopic (exact) mass is 406 g/mol. The Kier molecular flexibility index (Phi) is 5.77. The number of hydrogen-bond acceptors (Lipinski definition) is 3. The molecule has 1 saturated heterocycles. The molecular formula is C20H20ClFN2O2S. The molecule has 1 aliphatic heterocycles. The number of benzene rings is 2. The molecule has 1 heterocycles. The molecule has 0 spiro atoms. The zero-order chi connectivity index (χ0) is 19.6. The third-order valence-electron chi connectivity index (χ3n) is 4.36. The molecule has 1 fully saturated rings. The molecule has 3 rings (SSSR count). The smallest absolute Gasteiger partial charge is 0.238 e. The van der Waals surface area contributed by atoms with Crippen LogP contribution in [-0.2, 0) is 9.59 Å². The van der Waals surface area contributed by atoms with Gasteiger partial charge in [0.15, 0.2) is 0 Å². The van der Waals surface area contributed by atoms with E-state index in [0.29, 0.717) is 17.1 Å². The first-order chi connectivity index (χ1) is 12.8. The largest absolute Gasteiger partial charge is 0.326 e. The molecule has 0 radical (unpaired) electrons. The summed E-state index contributed by atoms with van der Waals surface area (Å²) >= 11 is 7.33. The summed E-state index contributed by atoms with van der Waals surface area (Å²) in [6, 6.07) is 13.4. The van der Waals surface area contributed by atoms with E-state index >= 15 is 0 Å². The van der Waals surface area contributed by atoms with Gasteiger partial charge in [-0.1, -0.05) is 18.2 Å². The molecule has 1 N–H and O–H groups in total. The van der Waals surface area contributed by atoms with E-state index in [1.165, 1.54) is 23.9 Å². The van der Waals surface area contributed by atoms with E-state index in [1.54, 1.807) is 43.0 Å². The van der Waals surface area contributed by atoms with Crippen LogP contribution >= 0.6 is 23.4 Å². The van der Waals surface area contributed by atoms with E-state index in [0.717, 1.165) is 5.56 Å². The number of anilines is 2. The van der Waals surface area contributed by atoms with Crippen LogP contribution in [0.25, 0.3) is 0 Å². The first kappa shape index (κ1) is 19.7. The third-order valence-corrected chi connectivity index (χ3v) is 6.24. The van der Waals surface area contributed by atoms with Crippen molar-refractivity contribution in [2.24, 2.45) is 5.41 Å². The number of thioether (sulfide) groups is 1. The Morgan fingerprint density at radius 1 is 1.30 bits per heavy atom. The van der Waals surface area contributed by atoms with Crippen molar-refractivity contribution in [3.63, 3.8) is 0 Å². The van der Waals surface area contributed by atoms with Crippen molar-refractivity contribution in [1.82, 2.24) is 0 Å². The van der Waals surface area contributed by atoms with Crippen LogP contribution < -0.4 is 10.2 Å². The number of amides is 2. The summed E-state index contributed by atoms with van der Waals surface area (Å²) in [7, 11) is 0. The molecule has 0 unspecified atom stereocenters. The lowest BCUT2D eigenvalue weighted by Gasteiger charge is -2.25. The number of nitrogens with zero attached hydrogens (tertiary/aromatic N) is 1. The lowest BCUT2D eigenvalue weighted by molar-refractivity contribution is -0.123. The highest BCUT2D eigenvalue weighted by atomic mass is 35.5. The SMILES string of the molecule is CC(C)(CCl)C(=O)Nc1ccc([C@H]2SCC(=O)N2c2cccc(F)c2)cc1. The molecular weight excluding hydrogens is 387 g/mol. The van der Waals surface area contributed by atoms with E-state index in [9.17, 15) is 14.0 Å². The highest BCUT2D eigenvalue weighted by molar-refractivity contribution is 8.00. The molecule has 0 bridgehead atoms. The molecule has 0 saturated carbocycles. The van der Waals surface area contributed by atoms with E-state index < -0.39 is 5.41 Å². The summed E-state index contributed by atoms with van der Waals surface area (Å²) in [4.78, 5) is 26.2. The van der Waals surface area contributed by atoms with Gasteiger partial charge in [0.1, 0.15) is 11.2 Å². The van der Waals surface area contributed by atoms with Gasteiger partial charge in [-0.05, 0) is 49.7 Å². The average Bonchev–Trinajstić information content (AvgIpc) is 3.03. The van der Waals surface area contributed by atoms with Gasteiger partial charge in [-0.15, -0.1) is 23.4 Å². The molecule has 27 heavy (non-hydrogen) atoms. The summed E-state index contributed by atoms with van der Waals surface area (Å²) in [5.74, 6) is -0.0333. The highest BCUT2D eigenvalue weighted by Crippen LogP contribution is 2.42. The Bertz CT molecular complexity index is 857. The zero-order valence-corrected chi connectivity index (χ0v) is 16.6. The number of halogens is 2. The number of nitrogens with one attached hydrogen (secondary N) is 1. The summed E-state index contributed by atoms with van der Waals surface area (Å²) in [6.45, 7) is 3.56. The number of hydrogen-bond donors (Lipinski definition) is 1. The lowest BCUT2D eigenvalue weighted by Crippen LogP contribution is -2.32. The van der Waals surface area contributed by atoms with Gasteiger partial charge in [0.25, 0.3) is 0 Å². The molecule has 2 aromatic rings. The fraction of sp³-hybridized carbons (Fsp3) is 0.300.